The minimum atomic E-state index is -0.431. The molecule has 0 spiro atoms. The smallest absolute Gasteiger partial charge is 0.269 e. The number of nitro benzene ring substituents is 1. The summed E-state index contributed by atoms with van der Waals surface area (Å²) in [7, 11) is 1.88. The zero-order chi connectivity index (χ0) is 14.4. The van der Waals surface area contributed by atoms with E-state index in [2.05, 4.69) is 10.4 Å². The Hall–Kier alpha value is -2.41. The van der Waals surface area contributed by atoms with Gasteiger partial charge in [-0.3, -0.25) is 14.8 Å². The maximum atomic E-state index is 10.5. The predicted molar refractivity (Wildman–Crippen MR) is 73.5 cm³/mol. The highest BCUT2D eigenvalue weighted by atomic mass is 16.6. The van der Waals surface area contributed by atoms with Gasteiger partial charge in [0.2, 0.25) is 0 Å². The molecule has 0 aliphatic carbocycles. The van der Waals surface area contributed by atoms with E-state index in [1.54, 1.807) is 16.8 Å². The van der Waals surface area contributed by atoms with Gasteiger partial charge >= 0.3 is 0 Å². The molecular formula is C13H16N4O3. The SMILES string of the molecule is Cn1cc(CNCCOc2ccc([N+](=O)[O-])cc2)cn1. The molecule has 1 aromatic carbocycles. The highest BCUT2D eigenvalue weighted by Gasteiger charge is 2.04. The summed E-state index contributed by atoms with van der Waals surface area (Å²) in [6, 6.07) is 6.05. The Balaban J connectivity index is 1.66. The van der Waals surface area contributed by atoms with Crippen molar-refractivity contribution in [3.05, 3.63) is 52.3 Å². The summed E-state index contributed by atoms with van der Waals surface area (Å²) < 4.78 is 7.23. The molecule has 1 aromatic heterocycles. The van der Waals surface area contributed by atoms with Gasteiger partial charge in [-0.15, -0.1) is 0 Å². The van der Waals surface area contributed by atoms with Crippen LogP contribution in [0.25, 0.3) is 0 Å². The molecule has 20 heavy (non-hydrogen) atoms. The molecular weight excluding hydrogens is 260 g/mol. The van der Waals surface area contributed by atoms with Gasteiger partial charge < -0.3 is 10.1 Å². The fourth-order valence-corrected chi connectivity index (χ4v) is 1.70. The maximum Gasteiger partial charge on any atom is 0.269 e. The second-order valence-corrected chi connectivity index (χ2v) is 4.30. The first-order chi connectivity index (χ1) is 9.65. The lowest BCUT2D eigenvalue weighted by molar-refractivity contribution is -0.384. The fourth-order valence-electron chi connectivity index (χ4n) is 1.70. The van der Waals surface area contributed by atoms with Crippen molar-refractivity contribution < 1.29 is 9.66 Å². The van der Waals surface area contributed by atoms with Crippen LogP contribution >= 0.6 is 0 Å². The summed E-state index contributed by atoms with van der Waals surface area (Å²) in [4.78, 5) is 10.1. The quantitative estimate of drug-likeness (QED) is 0.471. The number of nitrogens with one attached hydrogen (secondary N) is 1. The van der Waals surface area contributed by atoms with E-state index in [1.165, 1.54) is 12.1 Å². The van der Waals surface area contributed by atoms with Gasteiger partial charge in [0.05, 0.1) is 11.1 Å². The monoisotopic (exact) mass is 276 g/mol. The Morgan fingerprint density at radius 3 is 2.75 bits per heavy atom. The third kappa shape index (κ3) is 4.06. The van der Waals surface area contributed by atoms with E-state index in [0.717, 1.165) is 12.1 Å². The number of hydrogen-bond donors (Lipinski definition) is 1. The van der Waals surface area contributed by atoms with Gasteiger partial charge in [-0.25, -0.2) is 0 Å². The summed E-state index contributed by atoms with van der Waals surface area (Å²) in [5, 5.41) is 17.8. The lowest BCUT2D eigenvalue weighted by Crippen LogP contribution is -2.20. The highest BCUT2D eigenvalue weighted by molar-refractivity contribution is 5.35. The van der Waals surface area contributed by atoms with Crippen molar-refractivity contribution in [3.63, 3.8) is 0 Å². The van der Waals surface area contributed by atoms with Gasteiger partial charge in [0.15, 0.2) is 0 Å². The zero-order valence-electron chi connectivity index (χ0n) is 11.2. The second-order valence-electron chi connectivity index (χ2n) is 4.30. The number of benzene rings is 1. The molecule has 7 nitrogen and oxygen atoms in total. The first-order valence-corrected chi connectivity index (χ1v) is 6.20. The molecule has 0 amide bonds. The fraction of sp³-hybridized carbons (Fsp3) is 0.308. The van der Waals surface area contributed by atoms with Gasteiger partial charge in [0, 0.05) is 44.0 Å². The molecule has 0 saturated heterocycles. The van der Waals surface area contributed by atoms with Crippen molar-refractivity contribution in [2.24, 2.45) is 7.05 Å². The van der Waals surface area contributed by atoms with Crippen LogP contribution in [-0.2, 0) is 13.6 Å². The standard InChI is InChI=1S/C13H16N4O3/c1-16-10-11(9-15-16)8-14-6-7-20-13-4-2-12(3-5-13)17(18)19/h2-5,9-10,14H,6-8H2,1H3. The normalized spacial score (nSPS) is 10.4. The van der Waals surface area contributed by atoms with Gasteiger partial charge in [-0.2, -0.15) is 5.10 Å². The Morgan fingerprint density at radius 2 is 2.15 bits per heavy atom. The number of aromatic nitrogens is 2. The van der Waals surface area contributed by atoms with Crippen LogP contribution in [0.3, 0.4) is 0 Å². The molecule has 0 atom stereocenters. The summed E-state index contributed by atoms with van der Waals surface area (Å²) in [5.74, 6) is 0.624. The summed E-state index contributed by atoms with van der Waals surface area (Å²) in [6.45, 7) is 1.92. The number of aryl methyl sites for hydroxylation is 1. The highest BCUT2D eigenvalue weighted by Crippen LogP contribution is 2.16. The number of nitro groups is 1. The summed E-state index contributed by atoms with van der Waals surface area (Å²) in [6.07, 6.45) is 3.76. The van der Waals surface area contributed by atoms with E-state index in [1.807, 2.05) is 19.4 Å². The Bertz CT molecular complexity index is 565. The van der Waals surface area contributed by atoms with E-state index in [9.17, 15) is 10.1 Å². The summed E-state index contributed by atoms with van der Waals surface area (Å²) in [5.41, 5.74) is 1.18. The Kier molecular flexibility index (Phi) is 4.67. The Labute approximate surface area is 116 Å². The minimum Gasteiger partial charge on any atom is -0.492 e. The van der Waals surface area contributed by atoms with E-state index in [4.69, 9.17) is 4.74 Å². The topological polar surface area (TPSA) is 82.2 Å². The van der Waals surface area contributed by atoms with Crippen LogP contribution in [0.2, 0.25) is 0 Å². The van der Waals surface area contributed by atoms with Crippen molar-refractivity contribution in [1.29, 1.82) is 0 Å². The molecule has 0 saturated carbocycles. The average Bonchev–Trinajstić information content (AvgIpc) is 2.84. The first kappa shape index (κ1) is 14.0. The lowest BCUT2D eigenvalue weighted by atomic mass is 10.3. The molecule has 0 bridgehead atoms. The molecule has 0 aliphatic rings. The zero-order valence-corrected chi connectivity index (χ0v) is 11.2. The molecule has 0 aliphatic heterocycles. The summed E-state index contributed by atoms with van der Waals surface area (Å²) >= 11 is 0. The molecule has 0 fully saturated rings. The van der Waals surface area contributed by atoms with E-state index >= 15 is 0 Å². The van der Waals surface area contributed by atoms with Crippen LogP contribution in [0.1, 0.15) is 5.56 Å². The van der Waals surface area contributed by atoms with Crippen molar-refractivity contribution in [2.75, 3.05) is 13.2 Å². The number of ether oxygens (including phenoxy) is 1. The van der Waals surface area contributed by atoms with Gasteiger partial charge in [0.1, 0.15) is 12.4 Å². The van der Waals surface area contributed by atoms with Crippen LogP contribution in [0.15, 0.2) is 36.7 Å². The van der Waals surface area contributed by atoms with Crippen molar-refractivity contribution in [2.45, 2.75) is 6.54 Å². The van der Waals surface area contributed by atoms with Crippen molar-refractivity contribution in [3.8, 4) is 5.75 Å². The van der Waals surface area contributed by atoms with Crippen molar-refractivity contribution >= 4 is 5.69 Å². The van der Waals surface area contributed by atoms with Crippen LogP contribution in [0, 0.1) is 10.1 Å². The molecule has 1 N–H and O–H groups in total. The second kappa shape index (κ2) is 6.67. The Morgan fingerprint density at radius 1 is 1.40 bits per heavy atom. The van der Waals surface area contributed by atoms with Gasteiger partial charge in [0.25, 0.3) is 5.69 Å². The first-order valence-electron chi connectivity index (χ1n) is 6.20. The van der Waals surface area contributed by atoms with Crippen LogP contribution in [0.4, 0.5) is 5.69 Å². The largest absolute Gasteiger partial charge is 0.492 e. The molecule has 106 valence electrons. The molecule has 1 heterocycles. The maximum absolute atomic E-state index is 10.5. The van der Waals surface area contributed by atoms with Crippen LogP contribution in [-0.4, -0.2) is 27.9 Å². The number of rotatable bonds is 7. The predicted octanol–water partition coefficient (Wildman–Crippen LogP) is 1.50. The number of nitrogens with zero attached hydrogens (tertiary/aromatic N) is 3. The minimum absolute atomic E-state index is 0.0621. The molecule has 0 unspecified atom stereocenters. The molecule has 2 rings (SSSR count). The van der Waals surface area contributed by atoms with Crippen LogP contribution < -0.4 is 10.1 Å². The molecule has 2 aromatic rings. The number of hydrogen-bond acceptors (Lipinski definition) is 5. The average molecular weight is 276 g/mol. The van der Waals surface area contributed by atoms with E-state index in [0.29, 0.717) is 18.9 Å². The third-order valence-corrected chi connectivity index (χ3v) is 2.68. The van der Waals surface area contributed by atoms with Gasteiger partial charge in [-0.05, 0) is 12.1 Å². The van der Waals surface area contributed by atoms with Gasteiger partial charge in [-0.1, -0.05) is 0 Å². The van der Waals surface area contributed by atoms with Crippen LogP contribution in [0.5, 0.6) is 5.75 Å². The van der Waals surface area contributed by atoms with E-state index in [-0.39, 0.29) is 5.69 Å². The van der Waals surface area contributed by atoms with Crippen molar-refractivity contribution in [1.82, 2.24) is 15.1 Å². The third-order valence-electron chi connectivity index (χ3n) is 2.68. The molecule has 7 heteroatoms. The van der Waals surface area contributed by atoms with E-state index < -0.39 is 4.92 Å². The number of non-ortho nitro benzene ring substituents is 1. The molecule has 0 radical (unpaired) electrons. The lowest BCUT2D eigenvalue weighted by Gasteiger charge is -2.06.